The summed E-state index contributed by atoms with van der Waals surface area (Å²) in [6.45, 7) is 8.34. The van der Waals surface area contributed by atoms with Crippen molar-refractivity contribution in [1.29, 1.82) is 0 Å². The number of thioether (sulfide) groups is 1. The molecule has 1 aromatic heterocycles. The van der Waals surface area contributed by atoms with E-state index < -0.39 is 0 Å². The smallest absolute Gasteiger partial charge is 0.245 e. The Kier molecular flexibility index (Phi) is 5.09. The molecule has 0 radical (unpaired) electrons. The number of amides is 2. The number of nitrogens with one attached hydrogen (secondary N) is 1. The Labute approximate surface area is 157 Å². The highest BCUT2D eigenvalue weighted by Gasteiger charge is 2.25. The Balaban J connectivity index is 1.88. The van der Waals surface area contributed by atoms with E-state index >= 15 is 0 Å². The van der Waals surface area contributed by atoms with E-state index in [4.69, 9.17) is 5.10 Å². The molecule has 26 heavy (non-hydrogen) atoms. The first-order valence-electron chi connectivity index (χ1n) is 8.57. The Morgan fingerprint density at radius 3 is 2.69 bits per heavy atom. The molecule has 2 aromatic rings. The van der Waals surface area contributed by atoms with Gasteiger partial charge in [-0.25, -0.2) is 4.68 Å². The second kappa shape index (κ2) is 7.15. The van der Waals surface area contributed by atoms with Gasteiger partial charge in [-0.15, -0.1) is 11.8 Å². The van der Waals surface area contributed by atoms with Crippen LogP contribution in [0.15, 0.2) is 30.3 Å². The molecule has 138 valence electrons. The van der Waals surface area contributed by atoms with E-state index in [0.29, 0.717) is 17.4 Å². The van der Waals surface area contributed by atoms with Gasteiger partial charge in [-0.3, -0.25) is 9.59 Å². The van der Waals surface area contributed by atoms with Gasteiger partial charge < -0.3 is 10.2 Å². The van der Waals surface area contributed by atoms with Crippen molar-refractivity contribution >= 4 is 29.4 Å². The topological polar surface area (TPSA) is 67.2 Å². The first-order valence-corrected chi connectivity index (χ1v) is 9.72. The summed E-state index contributed by atoms with van der Waals surface area (Å²) in [5.74, 6) is 1.42. The molecule has 0 bridgehead atoms. The molecule has 0 spiro atoms. The minimum atomic E-state index is -0.213. The molecule has 0 unspecified atom stereocenters. The van der Waals surface area contributed by atoms with Crippen LogP contribution in [-0.4, -0.2) is 44.7 Å². The minimum absolute atomic E-state index is 0.00715. The largest absolute Gasteiger partial charge is 0.323 e. The van der Waals surface area contributed by atoms with Gasteiger partial charge in [0, 0.05) is 11.5 Å². The minimum Gasteiger partial charge on any atom is -0.323 e. The van der Waals surface area contributed by atoms with Gasteiger partial charge in [0.15, 0.2) is 0 Å². The molecule has 0 atom stereocenters. The first-order chi connectivity index (χ1) is 12.2. The van der Waals surface area contributed by atoms with Crippen LogP contribution in [0.5, 0.6) is 0 Å². The van der Waals surface area contributed by atoms with E-state index in [9.17, 15) is 9.59 Å². The monoisotopic (exact) mass is 372 g/mol. The van der Waals surface area contributed by atoms with E-state index in [1.54, 1.807) is 9.58 Å². The van der Waals surface area contributed by atoms with Gasteiger partial charge in [0.05, 0.1) is 23.0 Å². The molecule has 2 heterocycles. The van der Waals surface area contributed by atoms with Crippen LogP contribution in [0.2, 0.25) is 0 Å². The maximum atomic E-state index is 12.5. The molecule has 1 saturated heterocycles. The van der Waals surface area contributed by atoms with Crippen LogP contribution in [0.25, 0.3) is 5.69 Å². The summed E-state index contributed by atoms with van der Waals surface area (Å²) in [7, 11) is 0. The summed E-state index contributed by atoms with van der Waals surface area (Å²) >= 11 is 1.53. The summed E-state index contributed by atoms with van der Waals surface area (Å²) < 4.78 is 1.76. The normalized spacial score (nSPS) is 14.8. The summed E-state index contributed by atoms with van der Waals surface area (Å²) in [5.41, 5.74) is 2.76. The second-order valence-electron chi connectivity index (χ2n) is 7.53. The predicted octanol–water partition coefficient (Wildman–Crippen LogP) is 2.95. The van der Waals surface area contributed by atoms with Gasteiger partial charge in [0.25, 0.3) is 0 Å². The Morgan fingerprint density at radius 1 is 1.31 bits per heavy atom. The molecule has 2 amide bonds. The Bertz CT molecular complexity index is 838. The van der Waals surface area contributed by atoms with E-state index in [0.717, 1.165) is 16.9 Å². The maximum absolute atomic E-state index is 12.5. The average Bonchev–Trinajstić information content (AvgIpc) is 3.14. The molecule has 1 fully saturated rings. The fraction of sp³-hybridized carbons (Fsp3) is 0.421. The molecule has 1 aromatic carbocycles. The van der Waals surface area contributed by atoms with Gasteiger partial charge in [-0.05, 0) is 24.6 Å². The molecule has 1 N–H and O–H groups in total. The molecule has 0 aliphatic carbocycles. The fourth-order valence-corrected chi connectivity index (χ4v) is 3.59. The van der Waals surface area contributed by atoms with Crippen molar-refractivity contribution in [3.63, 3.8) is 0 Å². The summed E-state index contributed by atoms with van der Waals surface area (Å²) in [5, 5.41) is 7.64. The third-order valence-electron chi connectivity index (χ3n) is 4.15. The number of carbonyl (C=O) groups is 2. The van der Waals surface area contributed by atoms with Crippen LogP contribution in [0, 0.1) is 6.92 Å². The standard InChI is InChI=1S/C19H24N4O2S/c1-13-6-5-7-14(8-13)23-16(9-15(21-23)19(2,3)4)20-17(24)10-22-12-26-11-18(22)25/h5-9H,10-12H2,1-4H3,(H,20,24). The van der Waals surface area contributed by atoms with Crippen molar-refractivity contribution in [3.8, 4) is 5.69 Å². The number of hydrogen-bond donors (Lipinski definition) is 1. The number of hydrogen-bond acceptors (Lipinski definition) is 4. The highest BCUT2D eigenvalue weighted by molar-refractivity contribution is 8.00. The van der Waals surface area contributed by atoms with Crippen molar-refractivity contribution < 1.29 is 9.59 Å². The lowest BCUT2D eigenvalue weighted by Gasteiger charge is -2.15. The van der Waals surface area contributed by atoms with Crippen molar-refractivity contribution in [2.75, 3.05) is 23.5 Å². The summed E-state index contributed by atoms with van der Waals surface area (Å²) in [6.07, 6.45) is 0. The highest BCUT2D eigenvalue weighted by atomic mass is 32.2. The van der Waals surface area contributed by atoms with Gasteiger partial charge in [-0.1, -0.05) is 32.9 Å². The third-order valence-corrected chi connectivity index (χ3v) is 5.10. The van der Waals surface area contributed by atoms with Crippen molar-refractivity contribution in [2.24, 2.45) is 0 Å². The zero-order valence-electron chi connectivity index (χ0n) is 15.6. The maximum Gasteiger partial charge on any atom is 0.245 e. The van der Waals surface area contributed by atoms with Crippen LogP contribution >= 0.6 is 11.8 Å². The van der Waals surface area contributed by atoms with Crippen molar-refractivity contribution in [3.05, 3.63) is 41.6 Å². The molecule has 7 heteroatoms. The van der Waals surface area contributed by atoms with Crippen LogP contribution in [0.3, 0.4) is 0 Å². The first kappa shape index (κ1) is 18.5. The molecule has 6 nitrogen and oxygen atoms in total. The van der Waals surface area contributed by atoms with Crippen molar-refractivity contribution in [1.82, 2.24) is 14.7 Å². The number of rotatable bonds is 4. The van der Waals surface area contributed by atoms with E-state index in [1.165, 1.54) is 11.8 Å². The quantitative estimate of drug-likeness (QED) is 0.896. The van der Waals surface area contributed by atoms with Crippen LogP contribution in [0.1, 0.15) is 32.0 Å². The van der Waals surface area contributed by atoms with Gasteiger partial charge >= 0.3 is 0 Å². The number of benzene rings is 1. The SMILES string of the molecule is Cc1cccc(-n2nc(C(C)(C)C)cc2NC(=O)CN2CSCC2=O)c1. The zero-order valence-corrected chi connectivity index (χ0v) is 16.4. The van der Waals surface area contributed by atoms with Crippen LogP contribution in [0.4, 0.5) is 5.82 Å². The number of nitrogens with zero attached hydrogens (tertiary/aromatic N) is 3. The number of aryl methyl sites for hydroxylation is 1. The molecule has 0 saturated carbocycles. The molecule has 3 rings (SSSR count). The number of carbonyl (C=O) groups excluding carboxylic acids is 2. The molecule has 1 aliphatic rings. The molecular weight excluding hydrogens is 348 g/mol. The molecular formula is C19H24N4O2S. The zero-order chi connectivity index (χ0) is 18.9. The second-order valence-corrected chi connectivity index (χ2v) is 8.49. The van der Waals surface area contributed by atoms with E-state index in [1.807, 2.05) is 37.3 Å². The summed E-state index contributed by atoms with van der Waals surface area (Å²) in [4.78, 5) is 25.8. The summed E-state index contributed by atoms with van der Waals surface area (Å²) in [6, 6.07) is 9.88. The lowest BCUT2D eigenvalue weighted by atomic mass is 9.92. The van der Waals surface area contributed by atoms with E-state index in [-0.39, 0.29) is 23.8 Å². The number of aromatic nitrogens is 2. The lowest BCUT2D eigenvalue weighted by Crippen LogP contribution is -2.34. The van der Waals surface area contributed by atoms with Gasteiger partial charge in [-0.2, -0.15) is 5.10 Å². The van der Waals surface area contributed by atoms with Crippen molar-refractivity contribution in [2.45, 2.75) is 33.1 Å². The van der Waals surface area contributed by atoms with Crippen LogP contribution < -0.4 is 5.32 Å². The fourth-order valence-electron chi connectivity index (χ4n) is 2.69. The Hall–Kier alpha value is -2.28. The molecule has 1 aliphatic heterocycles. The predicted molar refractivity (Wildman–Crippen MR) is 105 cm³/mol. The van der Waals surface area contributed by atoms with Crippen LogP contribution in [-0.2, 0) is 15.0 Å². The number of anilines is 1. The lowest BCUT2D eigenvalue weighted by molar-refractivity contribution is -0.130. The van der Waals surface area contributed by atoms with Gasteiger partial charge in [0.1, 0.15) is 12.4 Å². The van der Waals surface area contributed by atoms with Gasteiger partial charge in [0.2, 0.25) is 11.8 Å². The third kappa shape index (κ3) is 4.09. The van der Waals surface area contributed by atoms with E-state index in [2.05, 4.69) is 26.1 Å². The average molecular weight is 372 g/mol. The highest BCUT2D eigenvalue weighted by Crippen LogP contribution is 2.26. The Morgan fingerprint density at radius 2 is 2.08 bits per heavy atom.